The molecule has 0 spiro atoms. The summed E-state index contributed by atoms with van der Waals surface area (Å²) in [6.45, 7) is 0. The van der Waals surface area contributed by atoms with Crippen molar-refractivity contribution in [3.63, 3.8) is 0 Å². The molecular formula is C15H12BrNO2S. The summed E-state index contributed by atoms with van der Waals surface area (Å²) in [6, 6.07) is 13.2. The Balaban J connectivity index is 2.38. The summed E-state index contributed by atoms with van der Waals surface area (Å²) in [5.41, 5.74) is 0.544. The largest absolute Gasteiger partial charge is 0.497 e. The van der Waals surface area contributed by atoms with Crippen molar-refractivity contribution in [2.45, 2.75) is 4.90 Å². The third-order valence-electron chi connectivity index (χ3n) is 2.68. The fraction of sp³-hybridized carbons (Fsp3) is 0.133. The van der Waals surface area contributed by atoms with E-state index >= 15 is 0 Å². The van der Waals surface area contributed by atoms with E-state index in [1.165, 1.54) is 11.8 Å². The fourth-order valence-electron chi connectivity index (χ4n) is 1.69. The first-order valence-electron chi connectivity index (χ1n) is 5.78. The maximum absolute atomic E-state index is 9.28. The summed E-state index contributed by atoms with van der Waals surface area (Å²) in [7, 11) is 1.61. The Morgan fingerprint density at radius 2 is 2.00 bits per heavy atom. The van der Waals surface area contributed by atoms with Gasteiger partial charge in [0.1, 0.15) is 28.9 Å². The number of benzene rings is 2. The van der Waals surface area contributed by atoms with E-state index in [0.717, 1.165) is 15.1 Å². The van der Waals surface area contributed by atoms with Gasteiger partial charge < -0.3 is 9.47 Å². The van der Waals surface area contributed by atoms with Crippen molar-refractivity contribution in [3.05, 3.63) is 46.4 Å². The van der Waals surface area contributed by atoms with E-state index < -0.39 is 0 Å². The van der Waals surface area contributed by atoms with Crippen LogP contribution in [0.2, 0.25) is 0 Å². The maximum Gasteiger partial charge on any atom is 0.146 e. The van der Waals surface area contributed by atoms with Crippen LogP contribution in [0.1, 0.15) is 5.56 Å². The highest BCUT2D eigenvalue weighted by Crippen LogP contribution is 2.36. The molecule has 0 unspecified atom stereocenters. The predicted octanol–water partition coefficient (Wildman–Crippen LogP) is 4.84. The van der Waals surface area contributed by atoms with Crippen LogP contribution >= 0.6 is 27.7 Å². The van der Waals surface area contributed by atoms with Crippen LogP contribution in [-0.4, -0.2) is 13.4 Å². The lowest BCUT2D eigenvalue weighted by Gasteiger charge is -2.11. The first-order chi connectivity index (χ1) is 9.69. The second-order valence-corrected chi connectivity index (χ2v) is 5.55. The van der Waals surface area contributed by atoms with Crippen LogP contribution < -0.4 is 9.47 Å². The number of methoxy groups -OCH3 is 1. The first-order valence-corrected chi connectivity index (χ1v) is 7.80. The molecule has 0 saturated heterocycles. The van der Waals surface area contributed by atoms with Gasteiger partial charge in [-0.3, -0.25) is 0 Å². The molecule has 0 radical (unpaired) electrons. The van der Waals surface area contributed by atoms with Gasteiger partial charge in [0, 0.05) is 4.90 Å². The highest BCUT2D eigenvalue weighted by Gasteiger charge is 2.11. The molecule has 2 aromatic carbocycles. The van der Waals surface area contributed by atoms with Crippen LogP contribution in [0.25, 0.3) is 0 Å². The average molecular weight is 350 g/mol. The number of hydrogen-bond donors (Lipinski definition) is 0. The van der Waals surface area contributed by atoms with Gasteiger partial charge in [-0.2, -0.15) is 5.26 Å². The zero-order valence-electron chi connectivity index (χ0n) is 11.0. The summed E-state index contributed by atoms with van der Waals surface area (Å²) in [6.07, 6.45) is 1.93. The molecule has 5 heteroatoms. The molecule has 2 aromatic rings. The smallest absolute Gasteiger partial charge is 0.146 e. The summed E-state index contributed by atoms with van der Waals surface area (Å²) in [5, 5.41) is 9.28. The molecule has 0 amide bonds. The summed E-state index contributed by atoms with van der Waals surface area (Å²) < 4.78 is 11.7. The number of nitrogens with zero attached hydrogens (tertiary/aromatic N) is 1. The van der Waals surface area contributed by atoms with Gasteiger partial charge in [0.2, 0.25) is 0 Å². The Hall–Kier alpha value is -1.64. The van der Waals surface area contributed by atoms with Crippen LogP contribution in [0.4, 0.5) is 0 Å². The second-order valence-electron chi connectivity index (χ2n) is 3.84. The minimum Gasteiger partial charge on any atom is -0.497 e. The molecule has 0 aromatic heterocycles. The van der Waals surface area contributed by atoms with E-state index in [-0.39, 0.29) is 0 Å². The Morgan fingerprint density at radius 3 is 2.60 bits per heavy atom. The number of ether oxygens (including phenoxy) is 2. The fourth-order valence-corrected chi connectivity index (χ4v) is 2.69. The van der Waals surface area contributed by atoms with Gasteiger partial charge in [0.25, 0.3) is 0 Å². The molecule has 0 N–H and O–H groups in total. The average Bonchev–Trinajstić information content (AvgIpc) is 2.48. The molecule has 0 atom stereocenters. The molecule has 0 heterocycles. The van der Waals surface area contributed by atoms with Gasteiger partial charge in [0.05, 0.1) is 11.6 Å². The molecule has 102 valence electrons. The number of thioether (sulfide) groups is 1. The van der Waals surface area contributed by atoms with Crippen molar-refractivity contribution in [2.75, 3.05) is 13.4 Å². The molecule has 0 fully saturated rings. The summed E-state index contributed by atoms with van der Waals surface area (Å²) in [5.74, 6) is 1.92. The van der Waals surface area contributed by atoms with Crippen molar-refractivity contribution < 1.29 is 9.47 Å². The molecule has 0 aliphatic heterocycles. The van der Waals surface area contributed by atoms with Crippen LogP contribution in [0.3, 0.4) is 0 Å². The van der Waals surface area contributed by atoms with Crippen LogP contribution in [0, 0.1) is 11.3 Å². The molecule has 0 aliphatic carbocycles. The first kappa shape index (κ1) is 14.8. The SMILES string of the molecule is COc1ccc(Oc2cccc(SC)c2C#N)c(Br)c1. The van der Waals surface area contributed by atoms with E-state index in [1.807, 2.05) is 30.5 Å². The third kappa shape index (κ3) is 3.09. The van der Waals surface area contributed by atoms with Gasteiger partial charge in [0.15, 0.2) is 0 Å². The molecule has 0 bridgehead atoms. The zero-order valence-corrected chi connectivity index (χ0v) is 13.4. The van der Waals surface area contributed by atoms with Crippen LogP contribution in [0.15, 0.2) is 45.8 Å². The van der Waals surface area contributed by atoms with Gasteiger partial charge in [-0.05, 0) is 52.5 Å². The van der Waals surface area contributed by atoms with E-state index in [9.17, 15) is 5.26 Å². The lowest BCUT2D eigenvalue weighted by Crippen LogP contribution is -1.92. The van der Waals surface area contributed by atoms with E-state index in [0.29, 0.717) is 17.1 Å². The number of nitriles is 1. The van der Waals surface area contributed by atoms with Crippen molar-refractivity contribution >= 4 is 27.7 Å². The molecule has 20 heavy (non-hydrogen) atoms. The highest BCUT2D eigenvalue weighted by molar-refractivity contribution is 9.10. The minimum absolute atomic E-state index is 0.544. The van der Waals surface area contributed by atoms with E-state index in [1.54, 1.807) is 19.2 Å². The van der Waals surface area contributed by atoms with Crippen molar-refractivity contribution in [3.8, 4) is 23.3 Å². The topological polar surface area (TPSA) is 42.2 Å². The van der Waals surface area contributed by atoms with Gasteiger partial charge in [-0.25, -0.2) is 0 Å². The van der Waals surface area contributed by atoms with Crippen LogP contribution in [0.5, 0.6) is 17.2 Å². The van der Waals surface area contributed by atoms with Crippen molar-refractivity contribution in [2.24, 2.45) is 0 Å². The normalized spacial score (nSPS) is 9.90. The van der Waals surface area contributed by atoms with E-state index in [2.05, 4.69) is 22.0 Å². The Morgan fingerprint density at radius 1 is 1.20 bits per heavy atom. The summed E-state index contributed by atoms with van der Waals surface area (Å²) in [4.78, 5) is 0.898. The highest BCUT2D eigenvalue weighted by atomic mass is 79.9. The van der Waals surface area contributed by atoms with Crippen molar-refractivity contribution in [1.82, 2.24) is 0 Å². The molecule has 2 rings (SSSR count). The molecule has 0 aliphatic rings. The lowest BCUT2D eigenvalue weighted by atomic mass is 10.2. The Bertz CT molecular complexity index is 667. The van der Waals surface area contributed by atoms with Gasteiger partial charge >= 0.3 is 0 Å². The second kappa shape index (κ2) is 6.69. The standard InChI is InChI=1S/C15H12BrNO2S/c1-18-10-6-7-14(12(16)8-10)19-13-4-3-5-15(20-2)11(13)9-17/h3-8H,1-2H3. The van der Waals surface area contributed by atoms with E-state index in [4.69, 9.17) is 9.47 Å². The Labute approximate surface area is 130 Å². The zero-order chi connectivity index (χ0) is 14.5. The molecule has 0 saturated carbocycles. The van der Waals surface area contributed by atoms with Crippen molar-refractivity contribution in [1.29, 1.82) is 5.26 Å². The third-order valence-corrected chi connectivity index (χ3v) is 4.08. The minimum atomic E-state index is 0.544. The molecular weight excluding hydrogens is 338 g/mol. The molecule has 3 nitrogen and oxygen atoms in total. The van der Waals surface area contributed by atoms with Gasteiger partial charge in [-0.15, -0.1) is 11.8 Å². The number of hydrogen-bond acceptors (Lipinski definition) is 4. The maximum atomic E-state index is 9.28. The lowest BCUT2D eigenvalue weighted by molar-refractivity contribution is 0.412. The monoisotopic (exact) mass is 349 g/mol. The predicted molar refractivity (Wildman–Crippen MR) is 83.7 cm³/mol. The Kier molecular flexibility index (Phi) is 4.94. The summed E-state index contributed by atoms with van der Waals surface area (Å²) >= 11 is 4.96. The number of rotatable bonds is 4. The van der Waals surface area contributed by atoms with Gasteiger partial charge in [-0.1, -0.05) is 6.07 Å². The number of halogens is 1. The van der Waals surface area contributed by atoms with Crippen LogP contribution in [-0.2, 0) is 0 Å². The quantitative estimate of drug-likeness (QED) is 0.740.